The number of ketones is 1. The van der Waals surface area contributed by atoms with Crippen LogP contribution in [0.5, 0.6) is 0 Å². The van der Waals surface area contributed by atoms with Crippen LogP contribution in [-0.2, 0) is 4.79 Å². The topological polar surface area (TPSA) is 17.1 Å². The number of unbranched alkanes of at least 4 members (excludes halogenated alkanes) is 3. The van der Waals surface area contributed by atoms with Gasteiger partial charge in [0, 0.05) is 12.8 Å². The lowest BCUT2D eigenvalue weighted by atomic mass is 10.1. The lowest BCUT2D eigenvalue weighted by molar-refractivity contribution is -0.117. The fraction of sp³-hybridized carbons (Fsp3) is 0.533. The first-order valence-electron chi connectivity index (χ1n) is 6.01. The molecule has 0 amide bonds. The third-order valence-corrected chi connectivity index (χ3v) is 2.14. The molecule has 0 fully saturated rings. The highest BCUT2D eigenvalue weighted by atomic mass is 16.1. The average Bonchev–Trinajstić information content (AvgIpc) is 2.25. The second-order valence-electron chi connectivity index (χ2n) is 3.80. The van der Waals surface area contributed by atoms with Gasteiger partial charge in [-0.1, -0.05) is 36.5 Å². The Labute approximate surface area is 99.6 Å². The molecule has 0 aromatic carbocycles. The second kappa shape index (κ2) is 11.8. The van der Waals surface area contributed by atoms with Gasteiger partial charge in [-0.25, -0.2) is 0 Å². The van der Waals surface area contributed by atoms with Crippen LogP contribution < -0.4 is 0 Å². The van der Waals surface area contributed by atoms with Gasteiger partial charge in [-0.05, 0) is 39.2 Å². The number of carbonyl (C=O) groups is 1. The molecular weight excluding hydrogens is 196 g/mol. The van der Waals surface area contributed by atoms with Crippen LogP contribution in [0.2, 0.25) is 0 Å². The molecule has 0 bridgehead atoms. The minimum absolute atomic E-state index is 0.301. The highest BCUT2D eigenvalue weighted by molar-refractivity contribution is 5.75. The highest BCUT2D eigenvalue weighted by Crippen LogP contribution is 2.04. The summed E-state index contributed by atoms with van der Waals surface area (Å²) in [5, 5.41) is 0. The molecule has 88 valence electrons. The predicted octanol–water partition coefficient (Wildman–Crippen LogP) is 4.05. The maximum absolute atomic E-state index is 10.7. The molecule has 0 atom stereocenters. The van der Waals surface area contributed by atoms with Gasteiger partial charge in [0.05, 0.1) is 0 Å². The summed E-state index contributed by atoms with van der Waals surface area (Å²) in [4.78, 5) is 10.7. The number of allylic oxidation sites excluding steroid dienone is 4. The molecule has 0 saturated heterocycles. The standard InChI is InChI=1S/C15H22O/c1-3-4-5-6-7-8-9-10-11-12-13-14-15(2)16/h3-4,8-9H,7,10-14H2,1-2H3/b4-3-,9-8-. The lowest BCUT2D eigenvalue weighted by Crippen LogP contribution is -1.88. The Balaban J connectivity index is 3.29. The molecule has 0 spiro atoms. The molecule has 0 aliphatic carbocycles. The minimum Gasteiger partial charge on any atom is -0.300 e. The van der Waals surface area contributed by atoms with Crippen molar-refractivity contribution >= 4 is 5.78 Å². The molecule has 0 aromatic rings. The van der Waals surface area contributed by atoms with Gasteiger partial charge in [0.1, 0.15) is 5.78 Å². The van der Waals surface area contributed by atoms with E-state index in [9.17, 15) is 4.79 Å². The van der Waals surface area contributed by atoms with Crippen LogP contribution in [0.3, 0.4) is 0 Å². The van der Waals surface area contributed by atoms with Gasteiger partial charge in [-0.15, -0.1) is 0 Å². The van der Waals surface area contributed by atoms with Gasteiger partial charge in [-0.2, -0.15) is 0 Å². The monoisotopic (exact) mass is 218 g/mol. The third kappa shape index (κ3) is 12.7. The van der Waals surface area contributed by atoms with E-state index in [4.69, 9.17) is 0 Å². The molecule has 0 aliphatic heterocycles. The van der Waals surface area contributed by atoms with Crippen molar-refractivity contribution < 1.29 is 4.79 Å². The van der Waals surface area contributed by atoms with E-state index in [-0.39, 0.29) is 0 Å². The van der Waals surface area contributed by atoms with Crippen LogP contribution in [0.1, 0.15) is 52.4 Å². The Morgan fingerprint density at radius 2 is 2.00 bits per heavy atom. The molecule has 1 nitrogen and oxygen atoms in total. The number of hydrogen-bond donors (Lipinski definition) is 0. The third-order valence-electron chi connectivity index (χ3n) is 2.14. The van der Waals surface area contributed by atoms with Crippen molar-refractivity contribution in [3.8, 4) is 11.8 Å². The smallest absolute Gasteiger partial charge is 0.129 e. The summed E-state index contributed by atoms with van der Waals surface area (Å²) in [6.07, 6.45) is 14.1. The van der Waals surface area contributed by atoms with Gasteiger partial charge in [0.15, 0.2) is 0 Å². The Hall–Kier alpha value is -1.29. The molecule has 0 rings (SSSR count). The fourth-order valence-corrected chi connectivity index (χ4v) is 1.27. The fourth-order valence-electron chi connectivity index (χ4n) is 1.27. The van der Waals surface area contributed by atoms with Gasteiger partial charge in [-0.3, -0.25) is 0 Å². The van der Waals surface area contributed by atoms with E-state index in [0.717, 1.165) is 32.1 Å². The van der Waals surface area contributed by atoms with Gasteiger partial charge in [0.2, 0.25) is 0 Å². The van der Waals surface area contributed by atoms with Gasteiger partial charge < -0.3 is 4.79 Å². The zero-order valence-electron chi connectivity index (χ0n) is 10.5. The van der Waals surface area contributed by atoms with E-state index in [2.05, 4.69) is 24.0 Å². The van der Waals surface area contributed by atoms with E-state index in [1.807, 2.05) is 19.1 Å². The molecule has 0 aromatic heterocycles. The van der Waals surface area contributed by atoms with E-state index in [1.165, 1.54) is 6.42 Å². The maximum Gasteiger partial charge on any atom is 0.129 e. The van der Waals surface area contributed by atoms with Crippen LogP contribution in [0.4, 0.5) is 0 Å². The molecule has 1 heteroatoms. The van der Waals surface area contributed by atoms with Gasteiger partial charge in [0.25, 0.3) is 0 Å². The molecule has 0 unspecified atom stereocenters. The summed E-state index contributed by atoms with van der Waals surface area (Å²) < 4.78 is 0. The lowest BCUT2D eigenvalue weighted by Gasteiger charge is -1.95. The summed E-state index contributed by atoms with van der Waals surface area (Å²) >= 11 is 0. The number of hydrogen-bond acceptors (Lipinski definition) is 1. The Kier molecular flexibility index (Phi) is 10.8. The second-order valence-corrected chi connectivity index (χ2v) is 3.80. The van der Waals surface area contributed by atoms with Crippen molar-refractivity contribution in [3.05, 3.63) is 24.3 Å². The number of Topliss-reactive ketones (excluding diaryl/α,β-unsaturated/α-hetero) is 1. The van der Waals surface area contributed by atoms with E-state index >= 15 is 0 Å². The summed E-state index contributed by atoms with van der Waals surface area (Å²) in [7, 11) is 0. The van der Waals surface area contributed by atoms with Crippen LogP contribution in [0.15, 0.2) is 24.3 Å². The van der Waals surface area contributed by atoms with Crippen molar-refractivity contribution in [1.29, 1.82) is 0 Å². The average molecular weight is 218 g/mol. The van der Waals surface area contributed by atoms with E-state index < -0.39 is 0 Å². The Bertz CT molecular complexity index is 286. The Morgan fingerprint density at radius 1 is 1.19 bits per heavy atom. The van der Waals surface area contributed by atoms with Gasteiger partial charge >= 0.3 is 0 Å². The molecule has 16 heavy (non-hydrogen) atoms. The van der Waals surface area contributed by atoms with E-state index in [1.54, 1.807) is 6.92 Å². The molecule has 0 radical (unpaired) electrons. The number of rotatable bonds is 7. The van der Waals surface area contributed by atoms with Crippen LogP contribution in [0, 0.1) is 11.8 Å². The first-order chi connectivity index (χ1) is 7.77. The van der Waals surface area contributed by atoms with Crippen LogP contribution in [0.25, 0.3) is 0 Å². The Morgan fingerprint density at radius 3 is 2.69 bits per heavy atom. The molecule has 0 N–H and O–H groups in total. The van der Waals surface area contributed by atoms with Crippen LogP contribution >= 0.6 is 0 Å². The minimum atomic E-state index is 0.301. The SMILES string of the molecule is C/C=C\C#CC/C=C\CCCCCC(C)=O. The normalized spacial score (nSPS) is 10.6. The highest BCUT2D eigenvalue weighted by Gasteiger charge is 1.92. The summed E-state index contributed by atoms with van der Waals surface area (Å²) in [6, 6.07) is 0. The van der Waals surface area contributed by atoms with E-state index in [0.29, 0.717) is 5.78 Å². The molecular formula is C15H22O. The molecule has 0 aliphatic rings. The zero-order valence-corrected chi connectivity index (χ0v) is 10.5. The molecule has 0 saturated carbocycles. The van der Waals surface area contributed by atoms with Crippen molar-refractivity contribution in [3.63, 3.8) is 0 Å². The first kappa shape index (κ1) is 14.7. The van der Waals surface area contributed by atoms with Crippen molar-refractivity contribution in [2.45, 2.75) is 52.4 Å². The number of carbonyl (C=O) groups excluding carboxylic acids is 1. The van der Waals surface area contributed by atoms with Crippen molar-refractivity contribution in [2.75, 3.05) is 0 Å². The summed E-state index contributed by atoms with van der Waals surface area (Å²) in [6.45, 7) is 3.62. The van der Waals surface area contributed by atoms with Crippen molar-refractivity contribution in [2.24, 2.45) is 0 Å². The zero-order chi connectivity index (χ0) is 12.1. The predicted molar refractivity (Wildman–Crippen MR) is 70.1 cm³/mol. The largest absolute Gasteiger partial charge is 0.300 e. The summed E-state index contributed by atoms with van der Waals surface area (Å²) in [5.74, 6) is 6.28. The van der Waals surface area contributed by atoms with Crippen molar-refractivity contribution in [1.82, 2.24) is 0 Å². The van der Waals surface area contributed by atoms with Crippen LogP contribution in [-0.4, -0.2) is 5.78 Å². The maximum atomic E-state index is 10.7. The summed E-state index contributed by atoms with van der Waals surface area (Å²) in [5.41, 5.74) is 0. The first-order valence-corrected chi connectivity index (χ1v) is 6.01. The molecule has 0 heterocycles. The quantitative estimate of drug-likeness (QED) is 0.358.